The maximum Gasteiger partial charge on any atom is 0.364 e. The van der Waals surface area contributed by atoms with E-state index in [-0.39, 0.29) is 0 Å². The Labute approximate surface area is 356 Å². The van der Waals surface area contributed by atoms with Crippen LogP contribution in [0.1, 0.15) is 37.7 Å². The molecule has 9 unspecified atom stereocenters. The van der Waals surface area contributed by atoms with Gasteiger partial charge in [-0.25, -0.2) is 4.79 Å². The molecule has 2 amide bonds. The number of aliphatic hydroxyl groups excluding tert-OH is 11. The number of aromatic nitrogens is 2. The number of aromatic hydroxyl groups is 2. The van der Waals surface area contributed by atoms with E-state index in [1.165, 1.54) is 13.8 Å². The highest BCUT2D eigenvalue weighted by atomic mass is 16.8. The van der Waals surface area contributed by atoms with Crippen LogP contribution in [-0.4, -0.2) is 247 Å². The maximum absolute atomic E-state index is 13.6. The monoisotopic (exact) mass is 914 g/mol. The first-order valence-electron chi connectivity index (χ1n) is 19.6. The summed E-state index contributed by atoms with van der Waals surface area (Å²) in [5, 5.41) is 152. The summed E-state index contributed by atoms with van der Waals surface area (Å²) in [6.07, 6.45) is -34.8. The third-order valence-electron chi connectivity index (χ3n) is 11.1. The minimum atomic E-state index is -3.16. The van der Waals surface area contributed by atoms with Crippen LogP contribution in [0.25, 0.3) is 0 Å². The van der Waals surface area contributed by atoms with Gasteiger partial charge in [-0.2, -0.15) is 9.97 Å². The molecular formula is C35H54N4O24. The van der Waals surface area contributed by atoms with E-state index in [9.17, 15) is 85.9 Å². The van der Waals surface area contributed by atoms with Crippen molar-refractivity contribution in [2.45, 2.75) is 155 Å². The number of ether oxygens (including phenoxy) is 7. The van der Waals surface area contributed by atoms with Gasteiger partial charge in [-0.05, 0) is 13.8 Å². The molecule has 4 aliphatic heterocycles. The van der Waals surface area contributed by atoms with Crippen LogP contribution in [0.4, 0.5) is 0 Å². The lowest BCUT2D eigenvalue weighted by atomic mass is 9.88. The number of hydrogen-bond donors (Lipinski definition) is 16. The predicted octanol–water partition coefficient (Wildman–Crippen LogP) is -8.66. The molecule has 5 rings (SSSR count). The van der Waals surface area contributed by atoms with Gasteiger partial charge in [0.2, 0.25) is 11.8 Å². The number of hydrogen-bond acceptors (Lipinski definition) is 25. The summed E-state index contributed by atoms with van der Waals surface area (Å²) in [5.74, 6) is -7.96. The van der Waals surface area contributed by atoms with Crippen molar-refractivity contribution in [3.63, 3.8) is 0 Å². The van der Waals surface area contributed by atoms with E-state index in [0.717, 1.165) is 13.0 Å². The molecule has 4 saturated heterocycles. The number of amides is 2. The minimum absolute atomic E-state index is 0.611. The van der Waals surface area contributed by atoms with Gasteiger partial charge in [-0.15, -0.1) is 0 Å². The summed E-state index contributed by atoms with van der Waals surface area (Å²) < 4.78 is 40.8. The number of carbonyl (C=O) groups is 3. The predicted molar refractivity (Wildman–Crippen MR) is 195 cm³/mol. The molecule has 4 fully saturated rings. The summed E-state index contributed by atoms with van der Waals surface area (Å²) in [4.78, 5) is 45.4. The van der Waals surface area contributed by atoms with Crippen LogP contribution in [0, 0.1) is 0 Å². The van der Waals surface area contributed by atoms with Crippen molar-refractivity contribution in [3.8, 4) is 11.9 Å². The number of nitrogens with zero attached hydrogens (tertiary/aromatic N) is 2. The lowest BCUT2D eigenvalue weighted by Gasteiger charge is -2.51. The molecule has 0 saturated carbocycles. The second kappa shape index (κ2) is 20.7. The lowest BCUT2D eigenvalue weighted by molar-refractivity contribution is -0.384. The Morgan fingerprint density at radius 2 is 1.43 bits per heavy atom. The molecular weight excluding hydrogens is 860 g/mol. The van der Waals surface area contributed by atoms with Crippen molar-refractivity contribution in [2.75, 3.05) is 19.8 Å². The Morgan fingerprint density at radius 1 is 0.794 bits per heavy atom. The molecule has 28 heteroatoms. The van der Waals surface area contributed by atoms with Crippen molar-refractivity contribution in [1.82, 2.24) is 20.6 Å². The molecule has 21 atom stereocenters. The molecule has 0 bridgehead atoms. The van der Waals surface area contributed by atoms with Crippen LogP contribution in [-0.2, 0) is 42.7 Å². The molecule has 0 spiro atoms. The van der Waals surface area contributed by atoms with Crippen molar-refractivity contribution >= 4 is 17.8 Å². The molecule has 1 aromatic rings. The van der Waals surface area contributed by atoms with Crippen LogP contribution in [0.3, 0.4) is 0 Å². The van der Waals surface area contributed by atoms with Gasteiger partial charge >= 0.3 is 12.0 Å². The number of carboxylic acids is 1. The number of nitrogens with one attached hydrogen (secondary N) is 2. The topological polar surface area (TPSA) is 449 Å². The number of rotatable bonds is 15. The van der Waals surface area contributed by atoms with Crippen LogP contribution >= 0.6 is 0 Å². The number of carbonyl (C=O) groups excluding carboxylic acids is 2. The van der Waals surface area contributed by atoms with E-state index < -0.39 is 190 Å². The van der Waals surface area contributed by atoms with E-state index in [1.54, 1.807) is 0 Å². The zero-order chi connectivity index (χ0) is 46.8. The molecule has 1 aromatic heterocycles. The molecule has 63 heavy (non-hydrogen) atoms. The second-order valence-electron chi connectivity index (χ2n) is 15.5. The first-order valence-corrected chi connectivity index (χ1v) is 19.6. The molecule has 5 heterocycles. The molecule has 0 radical (unpaired) electrons. The maximum atomic E-state index is 13.6. The van der Waals surface area contributed by atoms with Gasteiger partial charge in [0.25, 0.3) is 11.7 Å². The molecule has 4 aliphatic rings. The Bertz CT molecular complexity index is 1720. The fourth-order valence-electron chi connectivity index (χ4n) is 7.77. The summed E-state index contributed by atoms with van der Waals surface area (Å²) >= 11 is 0. The van der Waals surface area contributed by atoms with E-state index in [1.807, 2.05) is 0 Å². The van der Waals surface area contributed by atoms with Gasteiger partial charge in [0.1, 0.15) is 85.0 Å². The summed E-state index contributed by atoms with van der Waals surface area (Å²) in [6, 6.07) is -3.42. The van der Waals surface area contributed by atoms with Crippen LogP contribution < -0.4 is 10.6 Å². The first kappa shape index (κ1) is 50.4. The second-order valence-corrected chi connectivity index (χ2v) is 15.5. The molecule has 0 aliphatic carbocycles. The Kier molecular flexibility index (Phi) is 16.5. The third kappa shape index (κ3) is 10.7. The summed E-state index contributed by atoms with van der Waals surface area (Å²) in [7, 11) is 0. The lowest BCUT2D eigenvalue weighted by Crippen LogP contribution is -2.71. The first-order chi connectivity index (χ1) is 29.6. The SMILES string of the molecule is CC(=O)N[C@@H]1C(O)C[C@](OC2C(O)[C@H](O[C@@H]3C(NC(=O)c4cc(O)nc(O)n4)[C@H](C)OC(CO)[C@H]3O[C@@H]3O[C@@H](C)[C@@H](O)C(O)C3O)OC(CO)[C@@H]2O)(C(=O)O)OC1[C@H](O)[C@H](O)CO. The van der Waals surface area contributed by atoms with E-state index in [4.69, 9.17) is 33.2 Å². The minimum Gasteiger partial charge on any atom is -0.493 e. The van der Waals surface area contributed by atoms with Crippen LogP contribution in [0.5, 0.6) is 11.9 Å². The van der Waals surface area contributed by atoms with Gasteiger partial charge < -0.3 is 115 Å². The average molecular weight is 915 g/mol. The van der Waals surface area contributed by atoms with Crippen molar-refractivity contribution in [2.24, 2.45) is 0 Å². The third-order valence-corrected chi connectivity index (χ3v) is 11.1. The highest BCUT2D eigenvalue weighted by Gasteiger charge is 2.60. The van der Waals surface area contributed by atoms with Gasteiger partial charge in [0.15, 0.2) is 12.6 Å². The Hall–Kier alpha value is -3.63. The standard InChI is InChI=1S/C35H54N4O24/c1-9-18(39-30(53)12-4-17(46)38-34(56)37-12)28(26(16(8-42)57-9)60-31-24(51)23(50)20(47)10(2)58-31)61-32-25(52)29(22(49)15(7-41)59-32)63-35(33(54)55)5-13(44)19(36-11(3)43)27(62-35)21(48)14(45)6-40/h4,9-10,13-16,18-29,31-32,40-42,44-45,47-52H,5-8H2,1-3H3,(H,36,43)(H,39,53)(H,54,55)(H2,37,38,46,56)/t9-,10-,13?,14+,15?,16?,18?,19+,20+,21+,22-,23?,24?,25?,26+,27?,28+,29?,31-,32-,35-/m0/s1. The van der Waals surface area contributed by atoms with E-state index in [0.29, 0.717) is 0 Å². The van der Waals surface area contributed by atoms with Crippen molar-refractivity contribution < 1.29 is 119 Å². The van der Waals surface area contributed by atoms with E-state index in [2.05, 4.69) is 20.6 Å². The number of carboxylic acid groups (broad SMARTS) is 1. The van der Waals surface area contributed by atoms with Gasteiger partial charge in [-0.1, -0.05) is 0 Å². The zero-order valence-corrected chi connectivity index (χ0v) is 33.7. The highest BCUT2D eigenvalue weighted by molar-refractivity contribution is 5.92. The molecule has 358 valence electrons. The Balaban J connectivity index is 1.54. The molecule has 0 aromatic carbocycles. The van der Waals surface area contributed by atoms with Crippen molar-refractivity contribution in [3.05, 3.63) is 11.8 Å². The van der Waals surface area contributed by atoms with Gasteiger partial charge in [0, 0.05) is 19.4 Å². The number of aliphatic hydroxyl groups is 11. The van der Waals surface area contributed by atoms with Crippen LogP contribution in [0.15, 0.2) is 6.07 Å². The normalized spacial score (nSPS) is 41.9. The van der Waals surface area contributed by atoms with Gasteiger partial charge in [0.05, 0.1) is 50.2 Å². The molecule has 16 N–H and O–H groups in total. The zero-order valence-electron chi connectivity index (χ0n) is 33.7. The molecule has 28 nitrogen and oxygen atoms in total. The summed E-state index contributed by atoms with van der Waals surface area (Å²) in [5.41, 5.74) is -0.611. The van der Waals surface area contributed by atoms with Gasteiger partial charge in [-0.3, -0.25) is 9.59 Å². The fraction of sp³-hybridized carbons (Fsp3) is 0.800. The summed E-state index contributed by atoms with van der Waals surface area (Å²) in [6.45, 7) is 0.620. The largest absolute Gasteiger partial charge is 0.493 e. The highest BCUT2D eigenvalue weighted by Crippen LogP contribution is 2.39. The Morgan fingerprint density at radius 3 is 2.02 bits per heavy atom. The van der Waals surface area contributed by atoms with Crippen molar-refractivity contribution in [1.29, 1.82) is 0 Å². The smallest absolute Gasteiger partial charge is 0.364 e. The fourth-order valence-corrected chi connectivity index (χ4v) is 7.77. The average Bonchev–Trinajstić information content (AvgIpc) is 3.22. The number of aliphatic carboxylic acids is 1. The van der Waals surface area contributed by atoms with Crippen LogP contribution in [0.2, 0.25) is 0 Å². The quantitative estimate of drug-likeness (QED) is 0.0777. The van der Waals surface area contributed by atoms with E-state index >= 15 is 0 Å².